The predicted octanol–water partition coefficient (Wildman–Crippen LogP) is -0.276. The number of rotatable bonds is 6. The van der Waals surface area contributed by atoms with E-state index in [1.807, 2.05) is 12.1 Å². The monoisotopic (exact) mass is 228 g/mol. The summed E-state index contributed by atoms with van der Waals surface area (Å²) in [7, 11) is 5.79. The van der Waals surface area contributed by atoms with Crippen molar-refractivity contribution in [3.05, 3.63) is 12.1 Å². The molecule has 4 nitrogen and oxygen atoms in total. The summed E-state index contributed by atoms with van der Waals surface area (Å²) in [5.41, 5.74) is 0. The third-order valence-electron chi connectivity index (χ3n) is 1.97. The average Bonchev–Trinajstić information content (AvgIpc) is 2.71. The molecule has 0 saturated carbocycles. The summed E-state index contributed by atoms with van der Waals surface area (Å²) in [6.45, 7) is 0. The zero-order valence-electron chi connectivity index (χ0n) is 9.35. The van der Waals surface area contributed by atoms with Gasteiger partial charge >= 0.3 is 14.2 Å². The van der Waals surface area contributed by atoms with Crippen LogP contribution >= 0.6 is 11.3 Å². The van der Waals surface area contributed by atoms with Gasteiger partial charge in [0.1, 0.15) is 0 Å². The van der Waals surface area contributed by atoms with Crippen molar-refractivity contribution in [3.63, 3.8) is 0 Å². The van der Waals surface area contributed by atoms with Crippen LogP contribution in [0.2, 0.25) is 0 Å². The second-order valence-corrected chi connectivity index (χ2v) is 3.99. The molecule has 0 fully saturated rings. The Bertz CT molecular complexity index is 259. The molecule has 0 atom stereocenters. The van der Waals surface area contributed by atoms with Gasteiger partial charge in [-0.2, -0.15) is 11.3 Å². The molecule has 0 bridgehead atoms. The second-order valence-electron chi connectivity index (χ2n) is 2.85. The predicted molar refractivity (Wildman–Crippen MR) is 63.1 cm³/mol. The Morgan fingerprint density at radius 1 is 0.800 bits per heavy atom. The molecular formula is C8H14B2O4S. The van der Waals surface area contributed by atoms with Crippen molar-refractivity contribution in [1.82, 2.24) is 0 Å². The Morgan fingerprint density at radius 3 is 1.40 bits per heavy atom. The van der Waals surface area contributed by atoms with Crippen LogP contribution in [0.3, 0.4) is 0 Å². The third-order valence-corrected chi connectivity index (χ3v) is 3.10. The van der Waals surface area contributed by atoms with Crippen LogP contribution in [-0.4, -0.2) is 42.7 Å². The van der Waals surface area contributed by atoms with Gasteiger partial charge < -0.3 is 18.6 Å². The van der Waals surface area contributed by atoms with Crippen LogP contribution in [0.4, 0.5) is 0 Å². The SMILES string of the molecule is COB(OC)c1ccc(B(OC)OC)s1. The molecule has 0 spiro atoms. The van der Waals surface area contributed by atoms with E-state index in [0.29, 0.717) is 0 Å². The maximum Gasteiger partial charge on any atom is 0.504 e. The Kier molecular flexibility index (Phi) is 5.35. The molecule has 0 amide bonds. The van der Waals surface area contributed by atoms with Crippen molar-refractivity contribution < 1.29 is 18.6 Å². The molecule has 82 valence electrons. The molecule has 0 aliphatic carbocycles. The topological polar surface area (TPSA) is 36.9 Å². The standard InChI is InChI=1S/C8H14B2O4S/c1-11-9(12-2)7-5-6-8(15-7)10(13-3)14-4/h5-6H,1-4H3. The summed E-state index contributed by atoms with van der Waals surface area (Å²) in [4.78, 5) is 0. The van der Waals surface area contributed by atoms with E-state index in [0.717, 1.165) is 9.55 Å². The van der Waals surface area contributed by atoms with Crippen molar-refractivity contribution in [2.75, 3.05) is 28.4 Å². The lowest BCUT2D eigenvalue weighted by molar-refractivity contribution is 0.292. The summed E-state index contributed by atoms with van der Waals surface area (Å²) < 4.78 is 22.6. The fraction of sp³-hybridized carbons (Fsp3) is 0.500. The van der Waals surface area contributed by atoms with Gasteiger partial charge in [-0.1, -0.05) is 12.1 Å². The van der Waals surface area contributed by atoms with Crippen molar-refractivity contribution in [1.29, 1.82) is 0 Å². The highest BCUT2D eigenvalue weighted by atomic mass is 32.1. The van der Waals surface area contributed by atoms with Crippen LogP contribution in [0, 0.1) is 0 Å². The minimum Gasteiger partial charge on any atom is -0.410 e. The number of hydrogen-bond acceptors (Lipinski definition) is 5. The lowest BCUT2D eigenvalue weighted by Crippen LogP contribution is -2.35. The molecule has 1 heterocycles. The van der Waals surface area contributed by atoms with Gasteiger partial charge in [-0.25, -0.2) is 0 Å². The second kappa shape index (κ2) is 6.30. The van der Waals surface area contributed by atoms with Crippen LogP contribution in [-0.2, 0) is 18.6 Å². The molecule has 1 rings (SSSR count). The summed E-state index contributed by atoms with van der Waals surface area (Å²) >= 11 is 1.55. The first-order valence-electron chi connectivity index (χ1n) is 4.47. The van der Waals surface area contributed by atoms with Crippen molar-refractivity contribution in [2.45, 2.75) is 0 Å². The van der Waals surface area contributed by atoms with Crippen molar-refractivity contribution >= 4 is 35.1 Å². The largest absolute Gasteiger partial charge is 0.504 e. The van der Waals surface area contributed by atoms with Crippen LogP contribution in [0.1, 0.15) is 0 Å². The molecule has 7 heteroatoms. The van der Waals surface area contributed by atoms with E-state index in [1.165, 1.54) is 0 Å². The first-order chi connectivity index (χ1) is 7.26. The fourth-order valence-corrected chi connectivity index (χ4v) is 2.40. The number of hydrogen-bond donors (Lipinski definition) is 0. The van der Waals surface area contributed by atoms with E-state index >= 15 is 0 Å². The molecule has 0 aliphatic rings. The highest BCUT2D eigenvalue weighted by Gasteiger charge is 2.25. The summed E-state index contributed by atoms with van der Waals surface area (Å²) in [5, 5.41) is 0. The molecule has 0 unspecified atom stereocenters. The molecule has 15 heavy (non-hydrogen) atoms. The average molecular weight is 228 g/mol. The fourth-order valence-electron chi connectivity index (χ4n) is 1.28. The van der Waals surface area contributed by atoms with Gasteiger partial charge in [0, 0.05) is 38.0 Å². The molecule has 0 saturated heterocycles. The van der Waals surface area contributed by atoms with E-state index in [4.69, 9.17) is 18.6 Å². The minimum atomic E-state index is -0.321. The Balaban J connectivity index is 2.78. The quantitative estimate of drug-likeness (QED) is 0.627. The van der Waals surface area contributed by atoms with Gasteiger partial charge in [-0.15, -0.1) is 0 Å². The van der Waals surface area contributed by atoms with Gasteiger partial charge in [-0.3, -0.25) is 0 Å². The van der Waals surface area contributed by atoms with Crippen LogP contribution < -0.4 is 9.55 Å². The summed E-state index contributed by atoms with van der Waals surface area (Å²) in [6.07, 6.45) is 0. The molecule has 0 aromatic carbocycles. The van der Waals surface area contributed by atoms with E-state index < -0.39 is 0 Å². The van der Waals surface area contributed by atoms with Gasteiger partial charge in [0.2, 0.25) is 0 Å². The highest BCUT2D eigenvalue weighted by molar-refractivity contribution is 7.30. The van der Waals surface area contributed by atoms with E-state index in [9.17, 15) is 0 Å². The van der Waals surface area contributed by atoms with Crippen LogP contribution in [0.5, 0.6) is 0 Å². The lowest BCUT2D eigenvalue weighted by atomic mass is 9.86. The maximum atomic E-state index is 5.15. The molecule has 0 radical (unpaired) electrons. The van der Waals surface area contributed by atoms with Crippen molar-refractivity contribution in [2.24, 2.45) is 0 Å². The van der Waals surface area contributed by atoms with Gasteiger partial charge in [-0.05, 0) is 0 Å². The molecule has 1 aromatic heterocycles. The van der Waals surface area contributed by atoms with E-state index in [-0.39, 0.29) is 14.2 Å². The normalized spacial score (nSPS) is 10.4. The van der Waals surface area contributed by atoms with E-state index in [1.54, 1.807) is 39.8 Å². The maximum absolute atomic E-state index is 5.15. The van der Waals surface area contributed by atoms with E-state index in [2.05, 4.69) is 0 Å². The van der Waals surface area contributed by atoms with Gasteiger partial charge in [0.15, 0.2) is 0 Å². The Labute approximate surface area is 94.8 Å². The molecular weight excluding hydrogens is 214 g/mol. The smallest absolute Gasteiger partial charge is 0.410 e. The zero-order valence-corrected chi connectivity index (χ0v) is 10.2. The summed E-state index contributed by atoms with van der Waals surface area (Å²) in [6, 6.07) is 3.89. The zero-order chi connectivity index (χ0) is 11.3. The van der Waals surface area contributed by atoms with Crippen LogP contribution in [0.15, 0.2) is 12.1 Å². The summed E-state index contributed by atoms with van der Waals surface area (Å²) in [5.74, 6) is 0. The van der Waals surface area contributed by atoms with Crippen LogP contribution in [0.25, 0.3) is 0 Å². The Hall–Kier alpha value is -0.330. The Morgan fingerprint density at radius 2 is 1.13 bits per heavy atom. The highest BCUT2D eigenvalue weighted by Crippen LogP contribution is 2.00. The third kappa shape index (κ3) is 3.06. The lowest BCUT2D eigenvalue weighted by Gasteiger charge is -2.06. The first kappa shape index (κ1) is 12.7. The van der Waals surface area contributed by atoms with Gasteiger partial charge in [0.25, 0.3) is 0 Å². The molecule has 0 N–H and O–H groups in total. The minimum absolute atomic E-state index is 0.321. The number of thiophene rings is 1. The van der Waals surface area contributed by atoms with Gasteiger partial charge in [0.05, 0.1) is 0 Å². The molecule has 0 aliphatic heterocycles. The molecule has 1 aromatic rings. The first-order valence-corrected chi connectivity index (χ1v) is 5.29. The van der Waals surface area contributed by atoms with Crippen molar-refractivity contribution in [3.8, 4) is 0 Å².